The highest BCUT2D eigenvalue weighted by atomic mass is 16.6. The molecule has 1 N–H and O–H groups in total. The average molecular weight is 443 g/mol. The number of nitrogens with one attached hydrogen (secondary N) is 1. The Labute approximate surface area is 191 Å². The maximum absolute atomic E-state index is 12.1. The van der Waals surface area contributed by atoms with E-state index in [2.05, 4.69) is 5.32 Å². The topological polar surface area (TPSA) is 108 Å². The van der Waals surface area contributed by atoms with Crippen LogP contribution in [0.4, 0.5) is 4.79 Å². The molecule has 2 fully saturated rings. The lowest BCUT2D eigenvalue weighted by atomic mass is 9.99. The lowest BCUT2D eigenvalue weighted by molar-refractivity contribution is 0.0540. The Morgan fingerprint density at radius 1 is 1.03 bits per heavy atom. The van der Waals surface area contributed by atoms with Crippen molar-refractivity contribution in [3.05, 3.63) is 35.9 Å². The van der Waals surface area contributed by atoms with Crippen molar-refractivity contribution in [2.45, 2.75) is 32.3 Å². The van der Waals surface area contributed by atoms with Crippen LogP contribution in [-0.4, -0.2) is 63.6 Å². The van der Waals surface area contributed by atoms with Crippen molar-refractivity contribution in [2.75, 3.05) is 52.6 Å². The van der Waals surface area contributed by atoms with E-state index in [0.717, 1.165) is 44.6 Å². The molecule has 1 aromatic carbocycles. The molecule has 0 radical (unpaired) electrons. The first kappa shape index (κ1) is 25.6. The van der Waals surface area contributed by atoms with Gasteiger partial charge in [-0.15, -0.1) is 0 Å². The Balaban J connectivity index is 0.000000278. The normalized spacial score (nSPS) is 20.2. The van der Waals surface area contributed by atoms with Crippen LogP contribution < -0.4 is 5.32 Å². The number of carbonyl (C=O) groups is 1. The molecule has 8 nitrogen and oxygen atoms in total. The van der Waals surface area contributed by atoms with Gasteiger partial charge in [-0.2, -0.15) is 10.5 Å². The number of benzene rings is 1. The summed E-state index contributed by atoms with van der Waals surface area (Å²) in [5, 5.41) is 20.0. The Morgan fingerprint density at radius 3 is 2.38 bits per heavy atom. The minimum absolute atomic E-state index is 0.106. The van der Waals surface area contributed by atoms with Gasteiger partial charge in [-0.3, -0.25) is 0 Å². The second-order valence-electron chi connectivity index (χ2n) is 8.05. The minimum atomic E-state index is -0.274. The number of nitriles is 2. The molecule has 32 heavy (non-hydrogen) atoms. The van der Waals surface area contributed by atoms with E-state index in [4.69, 9.17) is 24.7 Å². The zero-order chi connectivity index (χ0) is 22.9. The van der Waals surface area contributed by atoms with E-state index in [-0.39, 0.29) is 25.2 Å². The van der Waals surface area contributed by atoms with Crippen molar-refractivity contribution in [3.63, 3.8) is 0 Å². The number of rotatable bonds is 8. The molecule has 2 aliphatic rings. The Kier molecular flexibility index (Phi) is 12.8. The molecule has 0 saturated carbocycles. The van der Waals surface area contributed by atoms with Crippen LogP contribution in [0.15, 0.2) is 30.3 Å². The first-order valence-corrected chi connectivity index (χ1v) is 11.3. The van der Waals surface area contributed by atoms with Gasteiger partial charge >= 0.3 is 6.09 Å². The number of likely N-dealkylation sites (tertiary alicyclic amines) is 1. The fraction of sp³-hybridized carbons (Fsp3) is 0.625. The first-order chi connectivity index (χ1) is 15.7. The van der Waals surface area contributed by atoms with E-state index < -0.39 is 0 Å². The van der Waals surface area contributed by atoms with Gasteiger partial charge in [0.2, 0.25) is 0 Å². The molecular weight excluding hydrogens is 408 g/mol. The summed E-state index contributed by atoms with van der Waals surface area (Å²) in [6.45, 7) is 5.44. The van der Waals surface area contributed by atoms with Gasteiger partial charge in [0.15, 0.2) is 0 Å². The summed E-state index contributed by atoms with van der Waals surface area (Å²) in [6, 6.07) is 13.6. The number of amides is 1. The number of carbonyl (C=O) groups excluding carboxylic acids is 1. The molecule has 2 saturated heterocycles. The number of hydrogen-bond donors (Lipinski definition) is 1. The molecule has 2 unspecified atom stereocenters. The van der Waals surface area contributed by atoms with Gasteiger partial charge in [0.25, 0.3) is 0 Å². The molecule has 2 heterocycles. The summed E-state index contributed by atoms with van der Waals surface area (Å²) in [4.78, 5) is 13.8. The zero-order valence-electron chi connectivity index (χ0n) is 18.7. The van der Waals surface area contributed by atoms with E-state index in [1.807, 2.05) is 42.5 Å². The molecule has 0 aromatic heterocycles. The van der Waals surface area contributed by atoms with E-state index in [0.29, 0.717) is 25.7 Å². The summed E-state index contributed by atoms with van der Waals surface area (Å²) in [5.74, 6) is 0.911. The van der Waals surface area contributed by atoms with Crippen molar-refractivity contribution in [2.24, 2.45) is 11.8 Å². The Bertz CT molecular complexity index is 726. The molecule has 0 aliphatic carbocycles. The quantitative estimate of drug-likeness (QED) is 0.616. The van der Waals surface area contributed by atoms with Gasteiger partial charge in [-0.05, 0) is 43.7 Å². The highest BCUT2D eigenvalue weighted by Crippen LogP contribution is 2.18. The third kappa shape index (κ3) is 10.6. The van der Waals surface area contributed by atoms with Crippen LogP contribution in [0.1, 0.15) is 31.2 Å². The largest absolute Gasteiger partial charge is 0.445 e. The smallest absolute Gasteiger partial charge is 0.410 e. The van der Waals surface area contributed by atoms with Crippen molar-refractivity contribution >= 4 is 6.09 Å². The van der Waals surface area contributed by atoms with Crippen LogP contribution in [0.25, 0.3) is 0 Å². The van der Waals surface area contributed by atoms with Crippen molar-refractivity contribution in [1.29, 1.82) is 10.5 Å². The summed E-state index contributed by atoms with van der Waals surface area (Å²) >= 11 is 0. The first-order valence-electron chi connectivity index (χ1n) is 11.3. The average Bonchev–Trinajstić information content (AvgIpc) is 2.85. The van der Waals surface area contributed by atoms with Gasteiger partial charge in [-0.1, -0.05) is 30.3 Å². The fourth-order valence-corrected chi connectivity index (χ4v) is 3.79. The minimum Gasteiger partial charge on any atom is -0.445 e. The van der Waals surface area contributed by atoms with Crippen LogP contribution >= 0.6 is 0 Å². The summed E-state index contributed by atoms with van der Waals surface area (Å²) in [6.07, 6.45) is 4.16. The number of piperidine rings is 2. The molecule has 0 bridgehead atoms. The molecule has 0 spiro atoms. The lowest BCUT2D eigenvalue weighted by Gasteiger charge is -2.31. The third-order valence-electron chi connectivity index (χ3n) is 5.42. The van der Waals surface area contributed by atoms with Gasteiger partial charge in [0.05, 0.1) is 25.4 Å². The monoisotopic (exact) mass is 442 g/mol. The summed E-state index contributed by atoms with van der Waals surface area (Å²) < 4.78 is 15.7. The lowest BCUT2D eigenvalue weighted by Crippen LogP contribution is -2.41. The predicted molar refractivity (Wildman–Crippen MR) is 119 cm³/mol. The second-order valence-corrected chi connectivity index (χ2v) is 8.05. The zero-order valence-corrected chi connectivity index (χ0v) is 18.7. The van der Waals surface area contributed by atoms with Crippen molar-refractivity contribution in [3.8, 4) is 12.1 Å². The Morgan fingerprint density at radius 2 is 1.72 bits per heavy atom. The number of nitrogens with zero attached hydrogens (tertiary/aromatic N) is 3. The van der Waals surface area contributed by atoms with E-state index in [1.165, 1.54) is 12.8 Å². The van der Waals surface area contributed by atoms with E-state index in [9.17, 15) is 4.79 Å². The SMILES string of the molecule is N#CCOCC1CCCN(C(=O)OCc2ccccc2)C1.N#CCOCC1CCCNC1. The summed E-state index contributed by atoms with van der Waals surface area (Å²) in [5.41, 5.74) is 0.983. The molecule has 174 valence electrons. The molecule has 3 rings (SSSR count). The maximum Gasteiger partial charge on any atom is 0.410 e. The molecule has 8 heteroatoms. The highest BCUT2D eigenvalue weighted by Gasteiger charge is 2.24. The number of hydrogen-bond acceptors (Lipinski definition) is 7. The van der Waals surface area contributed by atoms with Gasteiger partial charge in [0, 0.05) is 25.6 Å². The van der Waals surface area contributed by atoms with E-state index >= 15 is 0 Å². The van der Waals surface area contributed by atoms with Crippen LogP contribution in [0.3, 0.4) is 0 Å². The molecule has 2 aliphatic heterocycles. The highest BCUT2D eigenvalue weighted by molar-refractivity contribution is 5.67. The van der Waals surface area contributed by atoms with Crippen LogP contribution in [0.2, 0.25) is 0 Å². The van der Waals surface area contributed by atoms with Crippen molar-refractivity contribution < 1.29 is 19.0 Å². The van der Waals surface area contributed by atoms with Crippen LogP contribution in [0.5, 0.6) is 0 Å². The molecular formula is C24H34N4O4. The molecule has 2 atom stereocenters. The molecule has 1 aromatic rings. The van der Waals surface area contributed by atoms with Gasteiger partial charge in [-0.25, -0.2) is 4.79 Å². The van der Waals surface area contributed by atoms with Crippen molar-refractivity contribution in [1.82, 2.24) is 10.2 Å². The standard InChI is InChI=1S/C16H20N2O3.C8H14N2O/c17-8-10-20-12-15-7-4-9-18(11-15)16(19)21-13-14-5-2-1-3-6-14;9-3-5-11-7-8-2-1-4-10-6-8/h1-3,5-6,15H,4,7,9-13H2;8,10H,1-2,4-7H2. The number of ether oxygens (including phenoxy) is 3. The molecule has 1 amide bonds. The Hall–Kier alpha value is -2.65. The van der Waals surface area contributed by atoms with Crippen LogP contribution in [-0.2, 0) is 20.8 Å². The maximum atomic E-state index is 12.1. The van der Waals surface area contributed by atoms with Gasteiger partial charge in [0.1, 0.15) is 19.8 Å². The van der Waals surface area contributed by atoms with Crippen LogP contribution in [0, 0.1) is 34.5 Å². The summed E-state index contributed by atoms with van der Waals surface area (Å²) in [7, 11) is 0. The van der Waals surface area contributed by atoms with Gasteiger partial charge < -0.3 is 24.4 Å². The fourth-order valence-electron chi connectivity index (χ4n) is 3.79. The second kappa shape index (κ2) is 16.0. The predicted octanol–water partition coefficient (Wildman–Crippen LogP) is 3.10. The third-order valence-corrected chi connectivity index (χ3v) is 5.42. The van der Waals surface area contributed by atoms with E-state index in [1.54, 1.807) is 4.90 Å².